The van der Waals surface area contributed by atoms with Crippen LogP contribution in [0.5, 0.6) is 0 Å². The van der Waals surface area contributed by atoms with E-state index >= 15 is 0 Å². The Morgan fingerprint density at radius 2 is 0.740 bits per heavy atom. The first-order valence-corrected chi connectivity index (χ1v) is 31.1. The molecule has 2 saturated heterocycles. The lowest BCUT2D eigenvalue weighted by molar-refractivity contribution is -0.224. The minimum atomic E-state index is -1.41. The second kappa shape index (κ2) is 43.9. The Labute approximate surface area is 600 Å². The molecule has 0 aromatic heterocycles. The number of aliphatic hydroxyl groups excluding tert-OH is 4. The predicted octanol–water partition coefficient (Wildman–Crippen LogP) is -0.841. The predicted molar refractivity (Wildman–Crippen MR) is 395 cm³/mol. The molecule has 2 aliphatic heterocycles. The molecule has 100 heavy (non-hydrogen) atoms. The average Bonchev–Trinajstić information content (AvgIpc) is 0.795. The molecule has 2 heterocycles. The maximum absolute atomic E-state index is 13.5. The SMILES string of the molecule is C.CC1(C)OCCN(C(=O)c2ccc(-c3ccc(C(=O)O)c(C(=O)N4CCOC(C)(C)OCC4)c3)cc2C(=O)O)CCO1.COC(C)(C)C.O=C(O)c1cc(-c2ccc(C(=O)O)c(C(=O)N(CCO)CCO)c2)ccc1C(=O)N(CCO)CCO.[B]B([B])[B].[B][B]B([B])B(B([B])[B])B([B])[B]. The topological polar surface area (TPSA) is 358 Å². The number of ether oxygens (including phenoxy) is 5. The zero-order chi connectivity index (χ0) is 75.3. The average molecular weight is 1360 g/mol. The second-order valence-electron chi connectivity index (χ2n) is 23.9. The third kappa shape index (κ3) is 29.7. The van der Waals surface area contributed by atoms with E-state index in [0.29, 0.717) is 16.7 Å². The van der Waals surface area contributed by atoms with Crippen LogP contribution in [0.1, 0.15) is 139 Å². The van der Waals surface area contributed by atoms with Gasteiger partial charge in [-0.1, -0.05) is 31.7 Å². The van der Waals surface area contributed by atoms with Gasteiger partial charge in [-0.2, -0.15) is 0 Å². The van der Waals surface area contributed by atoms with Crippen LogP contribution in [0.4, 0.5) is 0 Å². The van der Waals surface area contributed by atoms with Crippen molar-refractivity contribution >= 4 is 156 Å². The highest BCUT2D eigenvalue weighted by molar-refractivity contribution is 8.02. The van der Waals surface area contributed by atoms with Crippen LogP contribution in [-0.2, 0) is 23.7 Å². The molecule has 19 radical (unpaired) electrons. The normalized spacial score (nSPS) is 13.8. The molecule has 2 fully saturated rings. The molecule has 6 rings (SSSR count). The van der Waals surface area contributed by atoms with E-state index in [-0.39, 0.29) is 161 Å². The minimum Gasteiger partial charge on any atom is -0.478 e. The number of nitrogens with zero attached hydrogens (tertiary/aromatic N) is 4. The number of carboxylic acids is 4. The minimum absolute atomic E-state index is 0. The fourth-order valence-corrected chi connectivity index (χ4v) is 9.36. The third-order valence-electron chi connectivity index (χ3n) is 14.6. The Balaban J connectivity index is 0.000000775. The molecule has 0 bridgehead atoms. The van der Waals surface area contributed by atoms with E-state index < -0.39 is 97.8 Å². The quantitative estimate of drug-likeness (QED) is 0.0445. The van der Waals surface area contributed by atoms with Crippen LogP contribution in [0.3, 0.4) is 0 Å². The van der Waals surface area contributed by atoms with Gasteiger partial charge in [0, 0.05) is 168 Å². The van der Waals surface area contributed by atoms with Crippen molar-refractivity contribution in [3.8, 4) is 22.3 Å². The van der Waals surface area contributed by atoms with Crippen LogP contribution >= 0.6 is 0 Å². The number of hydrogen-bond donors (Lipinski definition) is 8. The van der Waals surface area contributed by atoms with Gasteiger partial charge in [0.1, 0.15) is 0 Å². The van der Waals surface area contributed by atoms with E-state index in [9.17, 15) is 79.2 Å². The molecular weight excluding hydrogens is 1270 g/mol. The van der Waals surface area contributed by atoms with E-state index in [1.807, 2.05) is 20.8 Å². The van der Waals surface area contributed by atoms with Crippen LogP contribution < -0.4 is 0 Å². The van der Waals surface area contributed by atoms with Gasteiger partial charge in [0.05, 0.1) is 103 Å². The van der Waals surface area contributed by atoms with Gasteiger partial charge in [-0.15, -0.1) is 0 Å². The second-order valence-corrected chi connectivity index (χ2v) is 23.9. The molecule has 0 unspecified atom stereocenters. The van der Waals surface area contributed by atoms with Crippen LogP contribution in [-0.4, -0.2) is 346 Å². The van der Waals surface area contributed by atoms with Crippen LogP contribution in [0.2, 0.25) is 0 Å². The van der Waals surface area contributed by atoms with Crippen molar-refractivity contribution in [2.45, 2.75) is 73.1 Å². The van der Waals surface area contributed by atoms with Gasteiger partial charge >= 0.3 is 23.9 Å². The number of aliphatic hydroxyl groups is 4. The molecule has 0 atom stereocenters. The first-order valence-electron chi connectivity index (χ1n) is 31.1. The van der Waals surface area contributed by atoms with Crippen LogP contribution in [0.25, 0.3) is 22.3 Å². The summed E-state index contributed by atoms with van der Waals surface area (Å²) in [6.07, 6.45) is -2.82. The van der Waals surface area contributed by atoms with Gasteiger partial charge in [-0.25, -0.2) is 19.2 Å². The standard InChI is InChI=1S/C30H36N2O10.C24H28N2O10.C5H12O.CH4.B11.B4/c1-29(2)39-13-9-31(10-14-40-29)25(33)21-7-5-20(18-24(21)28(37)38)19-6-8-22(27(35)36)23(17-19)26(34)32-11-15-41-30(3,4)42-16-12-32;27-9-5-25(6-10-28)21(31)17-3-1-16(14-20(17)24(35)36)15-2-4-18(23(33)34)19(13-15)22(32)26(7-11-29)8-12-30;1-5(2,3)6-4;;1-7-10(6)11(8(2)3)9(4)5;1-4(2)3/h5-8,17-18H,9-16H2,1-4H3,(H,35,36)(H,37,38);1-4,13-14,27-30H,5-12H2,(H,33,34)(H,35,36);1-4H3;1H4;;. The zero-order valence-corrected chi connectivity index (χ0v) is 57.1. The Morgan fingerprint density at radius 1 is 0.480 bits per heavy atom. The monoisotopic (exact) mass is 1360 g/mol. The Hall–Kier alpha value is -6.75. The van der Waals surface area contributed by atoms with Crippen molar-refractivity contribution < 1.29 is 103 Å². The number of amides is 4. The fraction of sp³-hybridized carbons (Fsp3) is 0.467. The maximum atomic E-state index is 13.5. The van der Waals surface area contributed by atoms with Gasteiger partial charge in [-0.3, -0.25) is 19.2 Å². The lowest BCUT2D eigenvalue weighted by atomic mass is 8.56. The molecule has 40 heteroatoms. The molecule has 4 aromatic rings. The number of benzene rings is 4. The molecule has 0 aliphatic carbocycles. The van der Waals surface area contributed by atoms with Gasteiger partial charge in [-0.05, 0) is 119 Å². The third-order valence-corrected chi connectivity index (χ3v) is 14.6. The Bertz CT molecular complexity index is 3290. The number of methoxy groups -OCH3 is 1. The number of hydrogen-bond acceptors (Lipinski definition) is 17. The van der Waals surface area contributed by atoms with Crippen molar-refractivity contribution in [1.82, 2.24) is 19.6 Å². The highest BCUT2D eigenvalue weighted by Gasteiger charge is 2.32. The van der Waals surface area contributed by atoms with Crippen molar-refractivity contribution in [2.24, 2.45) is 0 Å². The summed E-state index contributed by atoms with van der Waals surface area (Å²) in [6.45, 7) is 12.9. The maximum Gasteiger partial charge on any atom is 0.336 e. The van der Waals surface area contributed by atoms with E-state index in [4.69, 9.17) is 70.1 Å². The number of carbonyl (C=O) groups excluding carboxylic acids is 4. The van der Waals surface area contributed by atoms with Gasteiger partial charge in [0.25, 0.3) is 23.6 Å². The molecule has 25 nitrogen and oxygen atoms in total. The molecule has 0 saturated carbocycles. The molecule has 8 N–H and O–H groups in total. The number of aromatic carboxylic acids is 4. The summed E-state index contributed by atoms with van der Waals surface area (Å²) in [7, 11) is 49.2. The zero-order valence-electron chi connectivity index (χ0n) is 57.1. The lowest BCUT2D eigenvalue weighted by Crippen LogP contribution is -2.63. The van der Waals surface area contributed by atoms with E-state index in [1.54, 1.807) is 40.9 Å². The number of carbonyl (C=O) groups is 8. The molecule has 4 aromatic carbocycles. The summed E-state index contributed by atoms with van der Waals surface area (Å²) in [5.74, 6) is -9.38. The van der Waals surface area contributed by atoms with E-state index in [2.05, 4.69) is 23.2 Å². The van der Waals surface area contributed by atoms with Gasteiger partial charge in [0.2, 0.25) is 0 Å². The first-order chi connectivity index (χ1) is 46.3. The largest absolute Gasteiger partial charge is 0.478 e. The van der Waals surface area contributed by atoms with Crippen molar-refractivity contribution in [3.05, 3.63) is 117 Å². The van der Waals surface area contributed by atoms with E-state index in [0.717, 1.165) is 9.80 Å². The van der Waals surface area contributed by atoms with Crippen LogP contribution in [0, 0.1) is 0 Å². The fourth-order valence-electron chi connectivity index (χ4n) is 9.36. The summed E-state index contributed by atoms with van der Waals surface area (Å²) in [4.78, 5) is 106. The number of rotatable bonds is 22. The summed E-state index contributed by atoms with van der Waals surface area (Å²) in [6, 6.07) is 16.3. The summed E-state index contributed by atoms with van der Waals surface area (Å²) in [5.41, 5.74) is -0.136. The molecular formula is C60H80B15N4O21. The van der Waals surface area contributed by atoms with Crippen molar-refractivity contribution in [2.75, 3.05) is 112 Å². The van der Waals surface area contributed by atoms with Crippen molar-refractivity contribution in [1.29, 1.82) is 0 Å². The smallest absolute Gasteiger partial charge is 0.336 e. The summed E-state index contributed by atoms with van der Waals surface area (Å²) >= 11 is 0. The molecule has 4 amide bonds. The van der Waals surface area contributed by atoms with E-state index in [1.165, 1.54) is 83.6 Å². The lowest BCUT2D eigenvalue weighted by Gasteiger charge is -2.33. The highest BCUT2D eigenvalue weighted by atomic mass is 16.7. The molecule has 0 spiro atoms. The van der Waals surface area contributed by atoms with Gasteiger partial charge in [0.15, 0.2) is 11.6 Å². The number of carboxylic acid groups (broad SMARTS) is 4. The van der Waals surface area contributed by atoms with Crippen molar-refractivity contribution in [3.63, 3.8) is 0 Å². The Morgan fingerprint density at radius 3 is 1.02 bits per heavy atom. The van der Waals surface area contributed by atoms with Crippen LogP contribution in [0.15, 0.2) is 72.8 Å². The van der Waals surface area contributed by atoms with Gasteiger partial charge < -0.3 is 84.1 Å². The summed E-state index contributed by atoms with van der Waals surface area (Å²) < 4.78 is 27.5. The first kappa shape index (κ1) is 91.3. The molecule has 2 aliphatic rings. The highest BCUT2D eigenvalue weighted by Crippen LogP contribution is 2.30. The molecule has 511 valence electrons. The summed E-state index contributed by atoms with van der Waals surface area (Å²) in [5, 5.41) is 75.8. The Kier molecular flexibility index (Phi) is 40.1.